The van der Waals surface area contributed by atoms with Gasteiger partial charge in [-0.3, -0.25) is 4.79 Å². The first kappa shape index (κ1) is 24.5. The van der Waals surface area contributed by atoms with Crippen LogP contribution in [0.15, 0.2) is 48.5 Å². The molecule has 1 aliphatic rings. The molecule has 0 unspecified atom stereocenters. The number of pyridine rings is 1. The minimum Gasteiger partial charge on any atom is -0.465 e. The third-order valence-corrected chi connectivity index (χ3v) is 8.19. The number of fused-ring (bicyclic) bond motifs is 2. The van der Waals surface area contributed by atoms with Crippen LogP contribution in [-0.4, -0.2) is 24.0 Å². The van der Waals surface area contributed by atoms with Gasteiger partial charge < -0.3 is 10.1 Å². The Morgan fingerprint density at radius 2 is 1.78 bits per heavy atom. The van der Waals surface area contributed by atoms with Crippen molar-refractivity contribution in [2.75, 3.05) is 12.4 Å². The Morgan fingerprint density at radius 1 is 1.00 bits per heavy atom. The lowest BCUT2D eigenvalue weighted by molar-refractivity contribution is 0.0601. The van der Waals surface area contributed by atoms with Crippen molar-refractivity contribution in [2.24, 2.45) is 0 Å². The Labute approximate surface area is 219 Å². The number of benzene rings is 2. The van der Waals surface area contributed by atoms with Crippen LogP contribution in [0.25, 0.3) is 22.2 Å². The summed E-state index contributed by atoms with van der Waals surface area (Å²) in [6.45, 7) is 1.90. The zero-order valence-corrected chi connectivity index (χ0v) is 21.9. The van der Waals surface area contributed by atoms with E-state index < -0.39 is 5.97 Å². The first-order valence-corrected chi connectivity index (χ1v) is 13.4. The van der Waals surface area contributed by atoms with Crippen LogP contribution in [-0.2, 0) is 17.6 Å². The van der Waals surface area contributed by atoms with Crippen LogP contribution in [0.3, 0.4) is 0 Å². The number of amides is 1. The molecular weight excluding hydrogens is 492 g/mol. The summed E-state index contributed by atoms with van der Waals surface area (Å²) < 4.78 is 5.14. The highest BCUT2D eigenvalue weighted by atomic mass is 35.5. The number of hydrogen-bond acceptors (Lipinski definition) is 5. The van der Waals surface area contributed by atoms with E-state index in [9.17, 15) is 9.59 Å². The molecule has 7 heteroatoms. The Balaban J connectivity index is 1.63. The van der Waals surface area contributed by atoms with E-state index in [0.29, 0.717) is 26.8 Å². The highest BCUT2D eigenvalue weighted by Gasteiger charge is 2.27. The Hall–Kier alpha value is -3.22. The number of nitrogens with zero attached hydrogens (tertiary/aromatic N) is 1. The van der Waals surface area contributed by atoms with E-state index >= 15 is 0 Å². The van der Waals surface area contributed by atoms with E-state index in [1.165, 1.54) is 29.7 Å². The molecule has 0 radical (unpaired) electrons. The lowest BCUT2D eigenvalue weighted by Gasteiger charge is -2.15. The molecule has 2 heterocycles. The van der Waals surface area contributed by atoms with Gasteiger partial charge in [-0.15, -0.1) is 11.3 Å². The van der Waals surface area contributed by atoms with Gasteiger partial charge in [-0.05, 0) is 61.9 Å². The molecular formula is C29H27ClN2O3S. The number of nitrogens with one attached hydrogen (secondary N) is 1. The molecule has 0 fully saturated rings. The largest absolute Gasteiger partial charge is 0.465 e. The third-order valence-electron chi connectivity index (χ3n) is 6.75. The highest BCUT2D eigenvalue weighted by Crippen LogP contribution is 2.39. The van der Waals surface area contributed by atoms with Gasteiger partial charge in [0.25, 0.3) is 5.91 Å². The molecule has 4 aromatic rings. The molecule has 0 spiro atoms. The van der Waals surface area contributed by atoms with Gasteiger partial charge in [-0.25, -0.2) is 9.78 Å². The molecule has 1 aliphatic carbocycles. The highest BCUT2D eigenvalue weighted by molar-refractivity contribution is 7.17. The van der Waals surface area contributed by atoms with Crippen molar-refractivity contribution in [1.29, 1.82) is 0 Å². The second-order valence-electron chi connectivity index (χ2n) is 9.06. The third kappa shape index (κ3) is 4.63. The van der Waals surface area contributed by atoms with Gasteiger partial charge in [-0.1, -0.05) is 54.8 Å². The number of halogens is 1. The monoisotopic (exact) mass is 518 g/mol. The molecule has 0 saturated carbocycles. The summed E-state index contributed by atoms with van der Waals surface area (Å²) in [6.07, 6.45) is 6.17. The van der Waals surface area contributed by atoms with Crippen molar-refractivity contribution in [3.63, 3.8) is 0 Å². The Morgan fingerprint density at radius 3 is 2.56 bits per heavy atom. The molecule has 5 rings (SSSR count). The van der Waals surface area contributed by atoms with Gasteiger partial charge in [0, 0.05) is 20.8 Å². The lowest BCUT2D eigenvalue weighted by Crippen LogP contribution is -2.17. The van der Waals surface area contributed by atoms with Gasteiger partial charge in [0.1, 0.15) is 5.00 Å². The fraction of sp³-hybridized carbons (Fsp3) is 0.276. The predicted octanol–water partition coefficient (Wildman–Crippen LogP) is 7.62. The minimum absolute atomic E-state index is 0.270. The van der Waals surface area contributed by atoms with Gasteiger partial charge in [0.2, 0.25) is 0 Å². The van der Waals surface area contributed by atoms with Crippen molar-refractivity contribution in [1.82, 2.24) is 4.98 Å². The van der Waals surface area contributed by atoms with E-state index in [1.54, 1.807) is 0 Å². The second kappa shape index (κ2) is 10.4. The molecule has 1 amide bonds. The molecule has 2 aromatic heterocycles. The summed E-state index contributed by atoms with van der Waals surface area (Å²) in [5.74, 6) is -0.673. The van der Waals surface area contributed by atoms with Crippen LogP contribution >= 0.6 is 22.9 Å². The molecule has 5 nitrogen and oxygen atoms in total. The predicted molar refractivity (Wildman–Crippen MR) is 146 cm³/mol. The van der Waals surface area contributed by atoms with Crippen LogP contribution in [0.2, 0.25) is 5.02 Å². The van der Waals surface area contributed by atoms with Crippen LogP contribution in [0.1, 0.15) is 62.4 Å². The van der Waals surface area contributed by atoms with Gasteiger partial charge in [0.05, 0.1) is 29.4 Å². The standard InChI is InChI=1S/C29H27ClN2O3S/c1-17-24(20-12-7-8-14-22(20)31-26(17)18-10-9-11-19(30)16-18)27(33)32-28-25(29(34)35-2)21-13-5-3-4-6-15-23(21)36-28/h7-12,14,16H,3-6,13,15H2,1-2H3,(H,32,33). The average molecular weight is 519 g/mol. The molecule has 2 aromatic carbocycles. The van der Waals surface area contributed by atoms with Crippen LogP contribution in [0, 0.1) is 6.92 Å². The van der Waals surface area contributed by atoms with Crippen LogP contribution in [0.4, 0.5) is 5.00 Å². The summed E-state index contributed by atoms with van der Waals surface area (Å²) >= 11 is 7.76. The Bertz CT molecular complexity index is 1480. The SMILES string of the molecule is COC(=O)c1c(NC(=O)c2c(C)c(-c3cccc(Cl)c3)nc3ccccc23)sc2c1CCCCCC2. The number of carbonyl (C=O) groups excluding carboxylic acids is 2. The number of methoxy groups -OCH3 is 1. The number of rotatable bonds is 4. The van der Waals surface area contributed by atoms with Crippen molar-refractivity contribution in [3.05, 3.63) is 80.7 Å². The van der Waals surface area contributed by atoms with E-state index in [1.807, 2.05) is 55.5 Å². The van der Waals surface area contributed by atoms with Gasteiger partial charge in [-0.2, -0.15) is 0 Å². The summed E-state index contributed by atoms with van der Waals surface area (Å²) in [7, 11) is 1.39. The number of aromatic nitrogens is 1. The van der Waals surface area contributed by atoms with Crippen LogP contribution in [0.5, 0.6) is 0 Å². The summed E-state index contributed by atoms with van der Waals surface area (Å²) in [4.78, 5) is 32.8. The maximum Gasteiger partial charge on any atom is 0.341 e. The van der Waals surface area contributed by atoms with E-state index in [4.69, 9.17) is 21.3 Å². The molecule has 184 valence electrons. The van der Waals surface area contributed by atoms with Gasteiger partial charge in [0.15, 0.2) is 0 Å². The number of ether oxygens (including phenoxy) is 1. The molecule has 36 heavy (non-hydrogen) atoms. The van der Waals surface area contributed by atoms with Crippen molar-refractivity contribution >= 4 is 50.7 Å². The smallest absolute Gasteiger partial charge is 0.341 e. The van der Waals surface area contributed by atoms with Gasteiger partial charge >= 0.3 is 5.97 Å². The fourth-order valence-electron chi connectivity index (χ4n) is 5.01. The topological polar surface area (TPSA) is 68.3 Å². The number of carbonyl (C=O) groups is 2. The second-order valence-corrected chi connectivity index (χ2v) is 10.6. The number of aryl methyl sites for hydroxylation is 1. The fourth-order valence-corrected chi connectivity index (χ4v) is 6.47. The average Bonchev–Trinajstić information content (AvgIpc) is 3.18. The maximum absolute atomic E-state index is 13.9. The number of para-hydroxylation sites is 1. The van der Waals surface area contributed by atoms with E-state index in [0.717, 1.165) is 59.7 Å². The number of thiophene rings is 1. The number of esters is 1. The minimum atomic E-state index is -0.403. The Kier molecular flexibility index (Phi) is 7.08. The first-order chi connectivity index (χ1) is 17.5. The number of hydrogen-bond donors (Lipinski definition) is 1. The summed E-state index contributed by atoms with van der Waals surface area (Å²) in [5.41, 5.74) is 5.07. The van der Waals surface area contributed by atoms with Crippen molar-refractivity contribution in [3.8, 4) is 11.3 Å². The first-order valence-electron chi connectivity index (χ1n) is 12.2. The zero-order chi connectivity index (χ0) is 25.2. The van der Waals surface area contributed by atoms with Crippen molar-refractivity contribution in [2.45, 2.75) is 45.4 Å². The summed E-state index contributed by atoms with van der Waals surface area (Å²) in [6, 6.07) is 15.1. The molecule has 0 aliphatic heterocycles. The molecule has 1 N–H and O–H groups in total. The zero-order valence-electron chi connectivity index (χ0n) is 20.3. The lowest BCUT2D eigenvalue weighted by atomic mass is 9.96. The normalized spacial score (nSPS) is 13.5. The van der Waals surface area contributed by atoms with E-state index in [2.05, 4.69) is 5.32 Å². The van der Waals surface area contributed by atoms with Crippen LogP contribution < -0.4 is 5.32 Å². The van der Waals surface area contributed by atoms with Crippen molar-refractivity contribution < 1.29 is 14.3 Å². The number of anilines is 1. The molecule has 0 saturated heterocycles. The summed E-state index contributed by atoms with van der Waals surface area (Å²) in [5, 5.41) is 5.01. The quantitative estimate of drug-likeness (QED) is 0.282. The maximum atomic E-state index is 13.9. The van der Waals surface area contributed by atoms with E-state index in [-0.39, 0.29) is 5.91 Å². The molecule has 0 atom stereocenters. The molecule has 0 bridgehead atoms.